The van der Waals surface area contributed by atoms with Gasteiger partial charge in [0.2, 0.25) is 0 Å². The summed E-state index contributed by atoms with van der Waals surface area (Å²) in [5, 5.41) is 69.9. The first-order valence-corrected chi connectivity index (χ1v) is 14.6. The van der Waals surface area contributed by atoms with Crippen molar-refractivity contribution in [2.45, 2.75) is 123 Å². The third-order valence-corrected chi connectivity index (χ3v) is 9.18. The second-order valence-corrected chi connectivity index (χ2v) is 12.3. The van der Waals surface area contributed by atoms with Gasteiger partial charge in [-0.15, -0.1) is 0 Å². The molecule has 0 amide bonds. The van der Waals surface area contributed by atoms with Crippen LogP contribution in [-0.4, -0.2) is 179 Å². The van der Waals surface area contributed by atoms with Gasteiger partial charge in [-0.1, -0.05) is 0 Å². The minimum absolute atomic E-state index is 0.0856. The van der Waals surface area contributed by atoms with Crippen LogP contribution >= 0.6 is 0 Å². The maximum absolute atomic E-state index is 11.3. The predicted octanol–water partition coefficient (Wildman–Crippen LogP) is -7.00. The van der Waals surface area contributed by atoms with Gasteiger partial charge in [0, 0.05) is 31.2 Å². The number of nitrogens with one attached hydrogen (secondary N) is 2. The van der Waals surface area contributed by atoms with E-state index >= 15 is 0 Å². The molecule has 10 unspecified atom stereocenters. The van der Waals surface area contributed by atoms with Crippen LogP contribution in [0.4, 0.5) is 0 Å². The average molecular weight is 609 g/mol. The molecule has 1 aliphatic carbocycles. The number of rotatable bonds is 8. The van der Waals surface area contributed by atoms with E-state index < -0.39 is 111 Å². The van der Waals surface area contributed by atoms with Crippen molar-refractivity contribution in [2.24, 2.45) is 17.2 Å². The standard InChI is InChI=1S/C25H48N6O11/c1-29-15-18(35)22-12(4-11(28)23(41-22)40-21-10(27)3-9(26)16(33)19(21)36)38-24(15)42-25-20(37)17(34)14(13(7-32)39-25)30-8-5-31(2)6-8/h8-25,29-30,32-37H,3-7,26-28H2,1-2H3/t9-,10+,11?,12+,13?,14-,15?,16?,17?,18?,19?,20?,21-,22?,23+,24?,25-/m1/s1. The Morgan fingerprint density at radius 2 is 1.48 bits per heavy atom. The van der Waals surface area contributed by atoms with E-state index in [1.807, 2.05) is 7.05 Å². The lowest BCUT2D eigenvalue weighted by atomic mass is 9.84. The number of aliphatic hydroxyl groups excluding tert-OH is 6. The molecule has 42 heavy (non-hydrogen) atoms. The van der Waals surface area contributed by atoms with E-state index in [4.69, 9.17) is 40.9 Å². The molecule has 0 spiro atoms. The summed E-state index contributed by atoms with van der Waals surface area (Å²) in [6.07, 6.45) is -13.3. The maximum Gasteiger partial charge on any atom is 0.189 e. The number of hydrogen-bond acceptors (Lipinski definition) is 17. The van der Waals surface area contributed by atoms with Gasteiger partial charge < -0.3 is 87.1 Å². The second kappa shape index (κ2) is 13.4. The Morgan fingerprint density at radius 3 is 2.12 bits per heavy atom. The van der Waals surface area contributed by atoms with E-state index in [0.29, 0.717) is 0 Å². The molecule has 0 radical (unpaired) electrons. The average Bonchev–Trinajstić information content (AvgIpc) is 2.93. The maximum atomic E-state index is 11.3. The van der Waals surface area contributed by atoms with Crippen LogP contribution in [0.5, 0.6) is 0 Å². The Balaban J connectivity index is 1.22. The predicted molar refractivity (Wildman–Crippen MR) is 143 cm³/mol. The van der Waals surface area contributed by atoms with Crippen LogP contribution in [0, 0.1) is 0 Å². The largest absolute Gasteiger partial charge is 0.394 e. The number of hydrogen-bond donors (Lipinski definition) is 11. The zero-order chi connectivity index (χ0) is 30.5. The Kier molecular flexibility index (Phi) is 10.4. The molecule has 0 aromatic carbocycles. The van der Waals surface area contributed by atoms with Gasteiger partial charge >= 0.3 is 0 Å². The van der Waals surface area contributed by atoms with Gasteiger partial charge in [-0.2, -0.15) is 0 Å². The normalized spacial score (nSPS) is 52.5. The molecular weight excluding hydrogens is 560 g/mol. The lowest BCUT2D eigenvalue weighted by molar-refractivity contribution is -0.374. The lowest BCUT2D eigenvalue weighted by Gasteiger charge is -2.52. The molecule has 0 aromatic heterocycles. The zero-order valence-corrected chi connectivity index (χ0v) is 23.8. The van der Waals surface area contributed by atoms with Crippen molar-refractivity contribution >= 4 is 0 Å². The number of aliphatic hydroxyl groups is 6. The highest BCUT2D eigenvalue weighted by atomic mass is 16.8. The highest BCUT2D eigenvalue weighted by Gasteiger charge is 2.54. The highest BCUT2D eigenvalue weighted by molar-refractivity contribution is 5.02. The van der Waals surface area contributed by atoms with E-state index in [1.165, 1.54) is 0 Å². The van der Waals surface area contributed by atoms with Crippen LogP contribution in [-0.2, 0) is 23.7 Å². The minimum Gasteiger partial charge on any atom is -0.394 e. The fraction of sp³-hybridized carbons (Fsp3) is 1.00. The molecule has 17 heteroatoms. The van der Waals surface area contributed by atoms with Crippen molar-refractivity contribution in [2.75, 3.05) is 33.8 Å². The molecule has 4 aliphatic heterocycles. The molecular formula is C25H48N6O11. The molecule has 1 saturated carbocycles. The first-order chi connectivity index (χ1) is 19.9. The summed E-state index contributed by atoms with van der Waals surface area (Å²) in [5.74, 6) is 0. The quantitative estimate of drug-likeness (QED) is 0.122. The fourth-order valence-corrected chi connectivity index (χ4v) is 6.71. The van der Waals surface area contributed by atoms with E-state index in [2.05, 4.69) is 15.5 Å². The van der Waals surface area contributed by atoms with Crippen LogP contribution in [0.3, 0.4) is 0 Å². The molecule has 17 nitrogen and oxygen atoms in total. The summed E-state index contributed by atoms with van der Waals surface area (Å²) in [5.41, 5.74) is 18.3. The molecule has 4 saturated heterocycles. The van der Waals surface area contributed by atoms with E-state index in [-0.39, 0.29) is 18.9 Å². The molecule has 5 rings (SSSR count). The van der Waals surface area contributed by atoms with Crippen molar-refractivity contribution < 1.29 is 54.3 Å². The van der Waals surface area contributed by atoms with Crippen molar-refractivity contribution in [1.29, 1.82) is 0 Å². The lowest BCUT2D eigenvalue weighted by Crippen LogP contribution is -2.71. The van der Waals surface area contributed by atoms with Gasteiger partial charge in [-0.3, -0.25) is 0 Å². The number of fused-ring (bicyclic) bond motifs is 1. The fourth-order valence-electron chi connectivity index (χ4n) is 6.71. The van der Waals surface area contributed by atoms with E-state index in [0.717, 1.165) is 13.1 Å². The van der Waals surface area contributed by atoms with Crippen molar-refractivity contribution in [3.05, 3.63) is 0 Å². The summed E-state index contributed by atoms with van der Waals surface area (Å²) in [7, 11) is 3.54. The molecule has 0 aromatic rings. The monoisotopic (exact) mass is 608 g/mol. The van der Waals surface area contributed by atoms with Gasteiger partial charge in [-0.25, -0.2) is 0 Å². The Hall–Kier alpha value is -0.680. The van der Waals surface area contributed by atoms with Crippen molar-refractivity contribution in [3.8, 4) is 0 Å². The third-order valence-electron chi connectivity index (χ3n) is 9.18. The summed E-state index contributed by atoms with van der Waals surface area (Å²) >= 11 is 0. The summed E-state index contributed by atoms with van der Waals surface area (Å²) < 4.78 is 29.9. The van der Waals surface area contributed by atoms with Gasteiger partial charge in [0.05, 0.1) is 36.9 Å². The highest BCUT2D eigenvalue weighted by Crippen LogP contribution is 2.35. The Morgan fingerprint density at radius 1 is 0.762 bits per heavy atom. The molecule has 4 heterocycles. The molecule has 244 valence electrons. The van der Waals surface area contributed by atoms with Crippen LogP contribution in [0.1, 0.15) is 12.8 Å². The summed E-state index contributed by atoms with van der Waals surface area (Å²) in [6.45, 7) is 1.10. The molecule has 14 N–H and O–H groups in total. The van der Waals surface area contributed by atoms with Crippen molar-refractivity contribution in [1.82, 2.24) is 15.5 Å². The first-order valence-electron chi connectivity index (χ1n) is 14.6. The first kappa shape index (κ1) is 32.7. The van der Waals surface area contributed by atoms with Crippen LogP contribution in [0.25, 0.3) is 0 Å². The van der Waals surface area contributed by atoms with E-state index in [9.17, 15) is 30.6 Å². The molecule has 0 bridgehead atoms. The van der Waals surface area contributed by atoms with Crippen LogP contribution in [0.2, 0.25) is 0 Å². The van der Waals surface area contributed by atoms with Gasteiger partial charge in [0.25, 0.3) is 0 Å². The third kappa shape index (κ3) is 6.35. The van der Waals surface area contributed by atoms with Crippen LogP contribution < -0.4 is 27.8 Å². The van der Waals surface area contributed by atoms with E-state index in [1.54, 1.807) is 7.05 Å². The number of nitrogens with two attached hydrogens (primary N) is 3. The SMILES string of the molecule is CNC1C(O[C@H]2OC(CO)[C@@H](NC3CN(C)C3)C(O)C2O)O[C@H]2CC(N)[C@@H](O[C@H]3C(O)C(O)[C@H](N)C[C@@H]3N)OC2C1O. The van der Waals surface area contributed by atoms with Gasteiger partial charge in [0.1, 0.15) is 42.7 Å². The number of likely N-dealkylation sites (N-methyl/N-ethyl adjacent to an activating group) is 2. The summed E-state index contributed by atoms with van der Waals surface area (Å²) in [4.78, 5) is 2.09. The van der Waals surface area contributed by atoms with Crippen molar-refractivity contribution in [3.63, 3.8) is 0 Å². The van der Waals surface area contributed by atoms with Gasteiger partial charge in [-0.05, 0) is 26.9 Å². The Bertz CT molecular complexity index is 890. The molecule has 5 fully saturated rings. The molecule has 5 aliphatic rings. The number of nitrogens with zero attached hydrogens (tertiary/aromatic N) is 1. The number of ether oxygens (including phenoxy) is 5. The molecule has 17 atom stereocenters. The number of likely N-dealkylation sites (tertiary alicyclic amines) is 1. The Labute approximate surface area is 244 Å². The topological polar surface area (TPSA) is 273 Å². The van der Waals surface area contributed by atoms with Crippen LogP contribution in [0.15, 0.2) is 0 Å². The second-order valence-electron chi connectivity index (χ2n) is 12.3. The zero-order valence-electron chi connectivity index (χ0n) is 23.8. The smallest absolute Gasteiger partial charge is 0.189 e. The van der Waals surface area contributed by atoms with Gasteiger partial charge in [0.15, 0.2) is 18.9 Å². The summed E-state index contributed by atoms with van der Waals surface area (Å²) in [6, 6.07) is -3.64. The minimum atomic E-state index is -1.48.